The summed E-state index contributed by atoms with van der Waals surface area (Å²) in [6.45, 7) is 0. The zero-order valence-electron chi connectivity index (χ0n) is 5.91. The largest absolute Gasteiger partial charge is 0.358 e. The quantitative estimate of drug-likeness (QED) is 0.428. The summed E-state index contributed by atoms with van der Waals surface area (Å²) in [5.74, 6) is 0.132. The molecule has 0 aromatic carbocycles. The Morgan fingerprint density at radius 3 is 2.75 bits per heavy atom. The first kappa shape index (κ1) is 8.73. The monoisotopic (exact) mass is 188 g/mol. The molecule has 0 saturated heterocycles. The Kier molecular flexibility index (Phi) is 2.44. The highest BCUT2D eigenvalue weighted by Crippen LogP contribution is 2.03. The van der Waals surface area contributed by atoms with Crippen molar-refractivity contribution in [2.24, 2.45) is 0 Å². The number of aromatic amines is 1. The molecule has 1 N–H and O–H groups in total. The van der Waals surface area contributed by atoms with Crippen LogP contribution in [0.2, 0.25) is 0 Å². The first-order valence-corrected chi connectivity index (χ1v) is 3.60. The van der Waals surface area contributed by atoms with E-state index >= 15 is 0 Å². The van der Waals surface area contributed by atoms with Crippen LogP contribution in [0.1, 0.15) is 5.69 Å². The third-order valence-corrected chi connectivity index (χ3v) is 1.58. The number of pyridine rings is 1. The van der Waals surface area contributed by atoms with E-state index in [2.05, 4.69) is 4.98 Å². The van der Waals surface area contributed by atoms with Gasteiger partial charge in [-0.25, -0.2) is 0 Å². The molecule has 0 aliphatic rings. The SMILES string of the molecule is O=c1cc(CCl)[nH]cc1[N+](=O)[O-]. The van der Waals surface area contributed by atoms with Gasteiger partial charge in [-0.05, 0) is 0 Å². The summed E-state index contributed by atoms with van der Waals surface area (Å²) in [5.41, 5.74) is -0.634. The van der Waals surface area contributed by atoms with Crippen molar-refractivity contribution in [3.8, 4) is 0 Å². The zero-order chi connectivity index (χ0) is 9.14. The molecule has 64 valence electrons. The van der Waals surface area contributed by atoms with Crippen molar-refractivity contribution in [3.63, 3.8) is 0 Å². The van der Waals surface area contributed by atoms with Crippen LogP contribution in [0.5, 0.6) is 0 Å². The second-order valence-corrected chi connectivity index (χ2v) is 2.37. The lowest BCUT2D eigenvalue weighted by molar-refractivity contribution is -0.386. The first-order valence-electron chi connectivity index (χ1n) is 3.07. The van der Waals surface area contributed by atoms with Gasteiger partial charge in [0, 0.05) is 11.8 Å². The van der Waals surface area contributed by atoms with Crippen LogP contribution in [0, 0.1) is 10.1 Å². The normalized spacial score (nSPS) is 9.75. The molecule has 0 atom stereocenters. The van der Waals surface area contributed by atoms with E-state index in [4.69, 9.17) is 11.6 Å². The van der Waals surface area contributed by atoms with Crippen LogP contribution < -0.4 is 5.43 Å². The Morgan fingerprint density at radius 1 is 1.67 bits per heavy atom. The molecule has 0 spiro atoms. The van der Waals surface area contributed by atoms with Crippen molar-refractivity contribution < 1.29 is 4.92 Å². The Hall–Kier alpha value is -1.36. The molecule has 6 heteroatoms. The average molecular weight is 189 g/mol. The fourth-order valence-corrected chi connectivity index (χ4v) is 0.880. The number of rotatable bonds is 2. The fraction of sp³-hybridized carbons (Fsp3) is 0.167. The van der Waals surface area contributed by atoms with Gasteiger partial charge in [0.05, 0.1) is 17.0 Å². The summed E-state index contributed by atoms with van der Waals surface area (Å²) in [7, 11) is 0. The van der Waals surface area contributed by atoms with E-state index in [0.717, 1.165) is 12.3 Å². The smallest absolute Gasteiger partial charge is 0.332 e. The Balaban J connectivity index is 3.21. The van der Waals surface area contributed by atoms with Crippen molar-refractivity contribution in [3.05, 3.63) is 38.3 Å². The summed E-state index contributed by atoms with van der Waals surface area (Å²) in [4.78, 5) is 22.9. The standard InChI is InChI=1S/C6H5ClN2O3/c7-2-4-1-6(10)5(3-8-4)9(11)12/h1,3H,2H2,(H,8,10). The minimum Gasteiger partial charge on any atom is -0.358 e. The minimum absolute atomic E-state index is 0.132. The molecular formula is C6H5ClN2O3. The van der Waals surface area contributed by atoms with Crippen molar-refractivity contribution in [1.29, 1.82) is 0 Å². The van der Waals surface area contributed by atoms with E-state index in [0.29, 0.717) is 5.69 Å². The summed E-state index contributed by atoms with van der Waals surface area (Å²) >= 11 is 5.39. The van der Waals surface area contributed by atoms with Crippen LogP contribution in [0.25, 0.3) is 0 Å². The van der Waals surface area contributed by atoms with E-state index in [9.17, 15) is 14.9 Å². The highest BCUT2D eigenvalue weighted by molar-refractivity contribution is 6.16. The molecule has 0 saturated carbocycles. The van der Waals surface area contributed by atoms with Gasteiger partial charge in [0.15, 0.2) is 0 Å². The van der Waals surface area contributed by atoms with E-state index in [1.165, 1.54) is 0 Å². The maximum Gasteiger partial charge on any atom is 0.332 e. The van der Waals surface area contributed by atoms with E-state index in [1.807, 2.05) is 0 Å². The van der Waals surface area contributed by atoms with Crippen molar-refractivity contribution in [2.45, 2.75) is 5.88 Å². The topological polar surface area (TPSA) is 76.0 Å². The van der Waals surface area contributed by atoms with E-state index in [-0.39, 0.29) is 5.88 Å². The summed E-state index contributed by atoms with van der Waals surface area (Å²) in [5, 5.41) is 10.2. The minimum atomic E-state index is -0.739. The molecule has 0 aliphatic heterocycles. The third-order valence-electron chi connectivity index (χ3n) is 1.29. The maximum atomic E-state index is 10.9. The van der Waals surface area contributed by atoms with Crippen LogP contribution in [0.15, 0.2) is 17.1 Å². The molecule has 1 aromatic heterocycles. The lowest BCUT2D eigenvalue weighted by Gasteiger charge is -1.93. The molecule has 0 unspecified atom stereocenters. The molecule has 1 aromatic rings. The van der Waals surface area contributed by atoms with Crippen LogP contribution in [0.3, 0.4) is 0 Å². The number of alkyl halides is 1. The van der Waals surface area contributed by atoms with E-state index in [1.54, 1.807) is 0 Å². The first-order chi connectivity index (χ1) is 5.65. The molecule has 0 amide bonds. The van der Waals surface area contributed by atoms with Gasteiger partial charge in [-0.2, -0.15) is 0 Å². The molecule has 1 rings (SSSR count). The highest BCUT2D eigenvalue weighted by Gasteiger charge is 2.10. The molecule has 5 nitrogen and oxygen atoms in total. The number of hydrogen-bond acceptors (Lipinski definition) is 3. The number of aromatic nitrogens is 1. The number of nitrogens with one attached hydrogen (secondary N) is 1. The lowest BCUT2D eigenvalue weighted by Crippen LogP contribution is -2.08. The van der Waals surface area contributed by atoms with Gasteiger partial charge >= 0.3 is 5.69 Å². The highest BCUT2D eigenvalue weighted by atomic mass is 35.5. The number of halogens is 1. The van der Waals surface area contributed by atoms with Gasteiger partial charge in [0.1, 0.15) is 0 Å². The van der Waals surface area contributed by atoms with Crippen molar-refractivity contribution >= 4 is 17.3 Å². The molecule has 0 fully saturated rings. The molecular weight excluding hydrogens is 184 g/mol. The summed E-state index contributed by atoms with van der Waals surface area (Å²) < 4.78 is 0. The van der Waals surface area contributed by atoms with Gasteiger partial charge < -0.3 is 4.98 Å². The summed E-state index contributed by atoms with van der Waals surface area (Å²) in [6.07, 6.45) is 1.04. The third kappa shape index (κ3) is 1.62. The number of nitrogens with zero attached hydrogens (tertiary/aromatic N) is 1. The molecule has 0 bridgehead atoms. The molecule has 0 aliphatic carbocycles. The fourth-order valence-electron chi connectivity index (χ4n) is 0.726. The predicted octanol–water partition coefficient (Wildman–Crippen LogP) is 1.02. The van der Waals surface area contributed by atoms with Gasteiger partial charge in [0.2, 0.25) is 0 Å². The van der Waals surface area contributed by atoms with Crippen LogP contribution >= 0.6 is 11.6 Å². The van der Waals surface area contributed by atoms with Gasteiger partial charge in [-0.3, -0.25) is 14.9 Å². The summed E-state index contributed by atoms with van der Waals surface area (Å²) in [6, 6.07) is 1.12. The van der Waals surface area contributed by atoms with Gasteiger partial charge in [-0.1, -0.05) is 0 Å². The van der Waals surface area contributed by atoms with Gasteiger partial charge in [-0.15, -0.1) is 11.6 Å². The Bertz CT molecular complexity index is 360. The van der Waals surface area contributed by atoms with Gasteiger partial charge in [0.25, 0.3) is 5.43 Å². The molecule has 12 heavy (non-hydrogen) atoms. The second-order valence-electron chi connectivity index (χ2n) is 2.10. The molecule has 1 heterocycles. The Morgan fingerprint density at radius 2 is 2.33 bits per heavy atom. The number of hydrogen-bond donors (Lipinski definition) is 1. The molecule has 0 radical (unpaired) electrons. The van der Waals surface area contributed by atoms with Crippen molar-refractivity contribution in [1.82, 2.24) is 4.98 Å². The average Bonchev–Trinajstić information content (AvgIpc) is 2.03. The second kappa shape index (κ2) is 3.36. The lowest BCUT2D eigenvalue weighted by atomic mass is 10.3. The van der Waals surface area contributed by atoms with Crippen LogP contribution in [-0.2, 0) is 5.88 Å². The van der Waals surface area contributed by atoms with Crippen LogP contribution in [0.4, 0.5) is 5.69 Å². The number of H-pyrrole nitrogens is 1. The maximum absolute atomic E-state index is 10.9. The predicted molar refractivity (Wildman–Crippen MR) is 43.3 cm³/mol. The van der Waals surface area contributed by atoms with Crippen LogP contribution in [-0.4, -0.2) is 9.91 Å². The van der Waals surface area contributed by atoms with E-state index < -0.39 is 16.0 Å². The zero-order valence-corrected chi connectivity index (χ0v) is 6.67. The Labute approximate surface area is 72.1 Å². The van der Waals surface area contributed by atoms with Crippen molar-refractivity contribution in [2.75, 3.05) is 0 Å². The number of nitro groups is 1.